The van der Waals surface area contributed by atoms with Crippen LogP contribution < -0.4 is 10.6 Å². The number of carbonyl (C=O) groups excluding carboxylic acids is 1. The number of carbonyl (C=O) groups is 1. The monoisotopic (exact) mass is 279 g/mol. The highest BCUT2D eigenvalue weighted by molar-refractivity contribution is 5.75. The number of nitrogens with zero attached hydrogens (tertiary/aromatic N) is 1. The molecule has 20 heavy (non-hydrogen) atoms. The van der Waals surface area contributed by atoms with E-state index < -0.39 is 0 Å². The van der Waals surface area contributed by atoms with E-state index in [0.717, 1.165) is 31.4 Å². The number of benzene rings is 1. The van der Waals surface area contributed by atoms with Gasteiger partial charge in [0.25, 0.3) is 0 Å². The molecule has 4 nitrogen and oxygen atoms in total. The fourth-order valence-electron chi connectivity index (χ4n) is 2.26. The lowest BCUT2D eigenvalue weighted by Crippen LogP contribution is -2.42. The number of amides is 2. The average molecular weight is 279 g/mol. The zero-order valence-corrected chi connectivity index (χ0v) is 12.1. The summed E-state index contributed by atoms with van der Waals surface area (Å²) in [6.07, 6.45) is 2.64. The van der Waals surface area contributed by atoms with Crippen molar-refractivity contribution >= 4 is 6.03 Å². The topological polar surface area (TPSA) is 44.4 Å². The fraction of sp³-hybridized carbons (Fsp3) is 0.533. The van der Waals surface area contributed by atoms with E-state index in [1.54, 1.807) is 6.07 Å². The molecule has 110 valence electrons. The second kappa shape index (κ2) is 6.22. The zero-order chi connectivity index (χ0) is 14.6. The van der Waals surface area contributed by atoms with Gasteiger partial charge in [-0.2, -0.15) is 0 Å². The highest BCUT2D eigenvalue weighted by atomic mass is 19.1. The van der Waals surface area contributed by atoms with E-state index in [-0.39, 0.29) is 17.4 Å². The number of hydrogen-bond donors (Lipinski definition) is 2. The minimum atomic E-state index is -0.367. The van der Waals surface area contributed by atoms with Crippen LogP contribution in [0.4, 0.5) is 9.18 Å². The Balaban J connectivity index is 1.82. The van der Waals surface area contributed by atoms with Crippen LogP contribution in [-0.2, 0) is 5.54 Å². The van der Waals surface area contributed by atoms with E-state index in [1.165, 1.54) is 12.1 Å². The number of halogens is 1. The first-order valence-corrected chi connectivity index (χ1v) is 6.99. The normalized spacial score (nSPS) is 16.0. The van der Waals surface area contributed by atoms with Crippen molar-refractivity contribution in [3.8, 4) is 0 Å². The maximum Gasteiger partial charge on any atom is 0.315 e. The van der Waals surface area contributed by atoms with Crippen molar-refractivity contribution in [1.29, 1.82) is 0 Å². The molecule has 0 aromatic heterocycles. The second-order valence-corrected chi connectivity index (χ2v) is 5.63. The Hall–Kier alpha value is -1.62. The van der Waals surface area contributed by atoms with Gasteiger partial charge in [-0.15, -0.1) is 0 Å². The van der Waals surface area contributed by atoms with Gasteiger partial charge in [0.05, 0.1) is 5.54 Å². The Labute approximate surface area is 119 Å². The predicted octanol–water partition coefficient (Wildman–Crippen LogP) is 2.07. The van der Waals surface area contributed by atoms with Gasteiger partial charge in [0.2, 0.25) is 0 Å². The van der Waals surface area contributed by atoms with Crippen molar-refractivity contribution in [2.45, 2.75) is 24.8 Å². The van der Waals surface area contributed by atoms with Crippen LogP contribution in [0.15, 0.2) is 24.3 Å². The summed E-state index contributed by atoms with van der Waals surface area (Å²) >= 11 is 0. The van der Waals surface area contributed by atoms with Gasteiger partial charge in [-0.1, -0.05) is 12.1 Å². The van der Waals surface area contributed by atoms with Crippen LogP contribution in [0.2, 0.25) is 0 Å². The first-order valence-electron chi connectivity index (χ1n) is 6.99. The van der Waals surface area contributed by atoms with Gasteiger partial charge in [0, 0.05) is 6.54 Å². The van der Waals surface area contributed by atoms with Gasteiger partial charge in [-0.25, -0.2) is 9.18 Å². The largest absolute Gasteiger partial charge is 0.338 e. The summed E-state index contributed by atoms with van der Waals surface area (Å²) in [5, 5.41) is 5.82. The zero-order valence-electron chi connectivity index (χ0n) is 12.1. The molecular weight excluding hydrogens is 257 g/mol. The minimum absolute atomic E-state index is 0.175. The summed E-state index contributed by atoms with van der Waals surface area (Å²) in [6.45, 7) is 1.58. The highest BCUT2D eigenvalue weighted by Gasteiger charge is 2.45. The highest BCUT2D eigenvalue weighted by Crippen LogP contribution is 2.45. The molecule has 1 fully saturated rings. The van der Waals surface area contributed by atoms with Crippen molar-refractivity contribution in [1.82, 2.24) is 15.5 Å². The van der Waals surface area contributed by atoms with Gasteiger partial charge in [0.1, 0.15) is 5.82 Å². The van der Waals surface area contributed by atoms with Crippen LogP contribution >= 0.6 is 0 Å². The number of hydrogen-bond acceptors (Lipinski definition) is 2. The van der Waals surface area contributed by atoms with Crippen molar-refractivity contribution in [3.63, 3.8) is 0 Å². The molecule has 0 aliphatic heterocycles. The molecule has 1 aromatic rings. The van der Waals surface area contributed by atoms with Gasteiger partial charge in [-0.3, -0.25) is 0 Å². The summed E-state index contributed by atoms with van der Waals surface area (Å²) < 4.78 is 13.3. The number of rotatable bonds is 6. The Bertz CT molecular complexity index is 472. The SMILES string of the molecule is CN(C)CCCNC(=O)NC1(c2cccc(F)c2)CC1. The lowest BCUT2D eigenvalue weighted by atomic mass is 10.1. The fourth-order valence-corrected chi connectivity index (χ4v) is 2.26. The predicted molar refractivity (Wildman–Crippen MR) is 77.0 cm³/mol. The van der Waals surface area contributed by atoms with Crippen molar-refractivity contribution < 1.29 is 9.18 Å². The maximum atomic E-state index is 13.3. The third-order valence-corrected chi connectivity index (χ3v) is 3.55. The summed E-state index contributed by atoms with van der Waals surface area (Å²) in [4.78, 5) is 14.0. The van der Waals surface area contributed by atoms with Crippen LogP contribution in [0.5, 0.6) is 0 Å². The molecule has 0 spiro atoms. The van der Waals surface area contributed by atoms with Crippen molar-refractivity contribution in [3.05, 3.63) is 35.6 Å². The van der Waals surface area contributed by atoms with Gasteiger partial charge in [-0.05, 0) is 57.6 Å². The molecule has 0 saturated heterocycles. The molecule has 0 radical (unpaired) electrons. The van der Waals surface area contributed by atoms with E-state index in [9.17, 15) is 9.18 Å². The molecule has 2 amide bonds. The van der Waals surface area contributed by atoms with Gasteiger partial charge >= 0.3 is 6.03 Å². The molecule has 2 N–H and O–H groups in total. The molecule has 0 bridgehead atoms. The third kappa shape index (κ3) is 3.93. The molecule has 5 heteroatoms. The average Bonchev–Trinajstić information content (AvgIpc) is 3.15. The molecule has 1 aliphatic carbocycles. The van der Waals surface area contributed by atoms with E-state index in [0.29, 0.717) is 6.54 Å². The van der Waals surface area contributed by atoms with Crippen LogP contribution in [0.25, 0.3) is 0 Å². The molecule has 0 unspecified atom stereocenters. The van der Waals surface area contributed by atoms with E-state index in [4.69, 9.17) is 0 Å². The van der Waals surface area contributed by atoms with E-state index in [1.807, 2.05) is 20.2 Å². The molecule has 0 atom stereocenters. The minimum Gasteiger partial charge on any atom is -0.338 e. The Morgan fingerprint density at radius 1 is 1.40 bits per heavy atom. The first-order chi connectivity index (χ1) is 9.52. The second-order valence-electron chi connectivity index (χ2n) is 5.63. The van der Waals surface area contributed by atoms with Crippen LogP contribution in [0.1, 0.15) is 24.8 Å². The van der Waals surface area contributed by atoms with Crippen LogP contribution in [0.3, 0.4) is 0 Å². The summed E-state index contributed by atoms with van der Waals surface area (Å²) in [7, 11) is 4.01. The van der Waals surface area contributed by atoms with E-state index in [2.05, 4.69) is 15.5 Å². The maximum absolute atomic E-state index is 13.3. The van der Waals surface area contributed by atoms with Crippen LogP contribution in [0, 0.1) is 5.82 Å². The summed E-state index contributed by atoms with van der Waals surface area (Å²) in [5.74, 6) is -0.262. The molecule has 1 aliphatic rings. The Morgan fingerprint density at radius 3 is 2.75 bits per heavy atom. The van der Waals surface area contributed by atoms with Gasteiger partial charge in [0.15, 0.2) is 0 Å². The quantitative estimate of drug-likeness (QED) is 0.783. The number of nitrogens with one attached hydrogen (secondary N) is 2. The van der Waals surface area contributed by atoms with E-state index >= 15 is 0 Å². The lowest BCUT2D eigenvalue weighted by Gasteiger charge is -2.19. The van der Waals surface area contributed by atoms with Crippen LogP contribution in [-0.4, -0.2) is 38.1 Å². The summed E-state index contributed by atoms with van der Waals surface area (Å²) in [6, 6.07) is 6.29. The summed E-state index contributed by atoms with van der Waals surface area (Å²) in [5.41, 5.74) is 0.481. The Kier molecular flexibility index (Phi) is 4.60. The molecular formula is C15H22FN3O. The van der Waals surface area contributed by atoms with Crippen molar-refractivity contribution in [2.75, 3.05) is 27.2 Å². The molecule has 1 aromatic carbocycles. The molecule has 2 rings (SSSR count). The first kappa shape index (κ1) is 14.8. The Morgan fingerprint density at radius 2 is 2.15 bits per heavy atom. The molecule has 1 saturated carbocycles. The lowest BCUT2D eigenvalue weighted by molar-refractivity contribution is 0.235. The van der Waals surface area contributed by atoms with Gasteiger partial charge < -0.3 is 15.5 Å². The number of urea groups is 1. The van der Waals surface area contributed by atoms with Crippen molar-refractivity contribution in [2.24, 2.45) is 0 Å². The molecule has 0 heterocycles. The smallest absolute Gasteiger partial charge is 0.315 e. The standard InChI is InChI=1S/C15H22FN3O/c1-19(2)10-4-9-17-14(20)18-15(7-8-15)12-5-3-6-13(16)11-12/h3,5-6,11H,4,7-10H2,1-2H3,(H2,17,18,20). The third-order valence-electron chi connectivity index (χ3n) is 3.55.